The molecule has 52 heavy (non-hydrogen) atoms. The summed E-state index contributed by atoms with van der Waals surface area (Å²) in [5, 5.41) is 0. The number of benzene rings is 4. The third kappa shape index (κ3) is 14.6. The van der Waals surface area contributed by atoms with Gasteiger partial charge in [-0.15, -0.1) is 0 Å². The second-order valence-electron chi connectivity index (χ2n) is 13.8. The largest absolute Gasteiger partial charge is 0.482 e. The van der Waals surface area contributed by atoms with Crippen molar-refractivity contribution in [3.8, 4) is 5.75 Å². The zero-order valence-corrected chi connectivity index (χ0v) is 33.8. The fourth-order valence-corrected chi connectivity index (χ4v) is 8.17. The molecule has 0 aliphatic rings. The molecule has 0 spiro atoms. The van der Waals surface area contributed by atoms with Crippen molar-refractivity contribution < 1.29 is 26.9 Å². The SMILES string of the molecule is CCCCCCCCOS(=O)(=O)c1ccccc1.CN(C)c1cccc([S+](c2ccc(OCC(=O)OC(C)(C)C)cc2)c2cccc(N(C)C)c2)c1. The quantitative estimate of drug-likeness (QED) is 0.0457. The molecule has 0 aromatic heterocycles. The Kier molecular flexibility index (Phi) is 17.0. The van der Waals surface area contributed by atoms with Crippen molar-refractivity contribution in [3.63, 3.8) is 0 Å². The third-order valence-corrected chi connectivity index (χ3v) is 11.3. The first kappa shape index (κ1) is 42.4. The Balaban J connectivity index is 0.000000341. The van der Waals surface area contributed by atoms with Gasteiger partial charge >= 0.3 is 5.97 Å². The Labute approximate surface area is 315 Å². The lowest BCUT2D eigenvalue weighted by Gasteiger charge is -2.19. The number of esters is 1. The number of unbranched alkanes of at least 4 members (excludes halogenated alkanes) is 5. The summed E-state index contributed by atoms with van der Waals surface area (Å²) in [4.78, 5) is 20.1. The second-order valence-corrected chi connectivity index (χ2v) is 17.4. The second kappa shape index (κ2) is 20.9. The molecule has 4 aromatic rings. The molecule has 0 heterocycles. The van der Waals surface area contributed by atoms with Gasteiger partial charge in [0.15, 0.2) is 21.3 Å². The predicted octanol–water partition coefficient (Wildman–Crippen LogP) is 9.39. The minimum absolute atomic E-state index is 0.113. The number of hydrogen-bond donors (Lipinski definition) is 0. The molecule has 0 aliphatic heterocycles. The zero-order valence-electron chi connectivity index (χ0n) is 32.1. The highest BCUT2D eigenvalue weighted by molar-refractivity contribution is 7.97. The van der Waals surface area contributed by atoms with Crippen LogP contribution < -0.4 is 14.5 Å². The average molecular weight is 750 g/mol. The van der Waals surface area contributed by atoms with Crippen LogP contribution in [-0.4, -0.2) is 61.4 Å². The van der Waals surface area contributed by atoms with E-state index < -0.39 is 15.7 Å². The molecule has 0 unspecified atom stereocenters. The van der Waals surface area contributed by atoms with Crippen molar-refractivity contribution in [1.29, 1.82) is 0 Å². The van der Waals surface area contributed by atoms with Gasteiger partial charge in [0.2, 0.25) is 0 Å². The van der Waals surface area contributed by atoms with Gasteiger partial charge in [0.1, 0.15) is 11.4 Å². The Morgan fingerprint density at radius 1 is 0.673 bits per heavy atom. The van der Waals surface area contributed by atoms with Gasteiger partial charge in [0.25, 0.3) is 10.1 Å². The van der Waals surface area contributed by atoms with Gasteiger partial charge in [-0.25, -0.2) is 4.79 Å². The highest BCUT2D eigenvalue weighted by atomic mass is 32.2. The van der Waals surface area contributed by atoms with E-state index in [2.05, 4.69) is 106 Å². The van der Waals surface area contributed by atoms with Crippen molar-refractivity contribution in [2.75, 3.05) is 51.2 Å². The van der Waals surface area contributed by atoms with Crippen molar-refractivity contribution in [2.24, 2.45) is 0 Å². The Hall–Kier alpha value is -3.99. The summed E-state index contributed by atoms with van der Waals surface area (Å²) in [6.07, 6.45) is 6.69. The Morgan fingerprint density at radius 2 is 1.21 bits per heavy atom. The minimum atomic E-state index is -3.56. The van der Waals surface area contributed by atoms with Gasteiger partial charge in [-0.1, -0.05) is 69.4 Å². The molecule has 0 saturated heterocycles. The topological polar surface area (TPSA) is 85.4 Å². The standard InChI is InChI=1S/C28H35N2O3S.C14H22O3S/c1-28(2,3)33-27(31)20-32-23-14-16-24(17-15-23)34(25-12-8-10-21(18-25)29(4)5)26-13-9-11-22(19-26)30(6)7;1-2-3-4-5-6-10-13-17-18(15,16)14-11-8-7-9-12-14/h8-19H,20H2,1-7H3;7-9,11-12H,2-6,10,13H2,1H3/q+1;. The van der Waals surface area contributed by atoms with Crippen LogP contribution in [0.2, 0.25) is 0 Å². The van der Waals surface area contributed by atoms with E-state index in [0.717, 1.165) is 30.6 Å². The first-order chi connectivity index (χ1) is 24.7. The molecule has 0 N–H and O–H groups in total. The maximum absolute atomic E-state index is 12.0. The van der Waals surface area contributed by atoms with E-state index in [1.807, 2.05) is 32.9 Å². The molecule has 0 aliphatic carbocycles. The van der Waals surface area contributed by atoms with Gasteiger partial charge in [0.05, 0.1) is 22.4 Å². The van der Waals surface area contributed by atoms with Gasteiger partial charge in [0, 0.05) is 51.7 Å². The molecule has 0 amide bonds. The summed E-state index contributed by atoms with van der Waals surface area (Å²) in [6, 6.07) is 33.6. The van der Waals surface area contributed by atoms with Gasteiger partial charge in [-0.3, -0.25) is 4.18 Å². The number of nitrogens with zero attached hydrogens (tertiary/aromatic N) is 2. The summed E-state index contributed by atoms with van der Waals surface area (Å²) in [6.45, 7) is 7.88. The van der Waals surface area contributed by atoms with Crippen LogP contribution in [0.4, 0.5) is 11.4 Å². The van der Waals surface area contributed by atoms with E-state index >= 15 is 0 Å². The summed E-state index contributed by atoms with van der Waals surface area (Å²) < 4.78 is 39.5. The first-order valence-electron chi connectivity index (χ1n) is 17.9. The molecule has 10 heteroatoms. The van der Waals surface area contributed by atoms with E-state index in [1.165, 1.54) is 33.9 Å². The molecular formula is C42H57N2O6S2+. The van der Waals surface area contributed by atoms with Crippen LogP contribution in [0, 0.1) is 0 Å². The molecule has 8 nitrogen and oxygen atoms in total. The molecule has 0 atom stereocenters. The van der Waals surface area contributed by atoms with Crippen LogP contribution in [0.1, 0.15) is 66.2 Å². The predicted molar refractivity (Wildman–Crippen MR) is 214 cm³/mol. The number of carbonyl (C=O) groups excluding carboxylic acids is 1. The monoisotopic (exact) mass is 749 g/mol. The summed E-state index contributed by atoms with van der Waals surface area (Å²) in [5.41, 5.74) is 1.80. The molecular weight excluding hydrogens is 693 g/mol. The number of anilines is 2. The van der Waals surface area contributed by atoms with E-state index in [1.54, 1.807) is 30.3 Å². The number of hydrogen-bond acceptors (Lipinski definition) is 8. The zero-order chi connectivity index (χ0) is 38.1. The minimum Gasteiger partial charge on any atom is -0.482 e. The first-order valence-corrected chi connectivity index (χ1v) is 20.5. The van der Waals surface area contributed by atoms with E-state index in [0.29, 0.717) is 5.75 Å². The molecule has 282 valence electrons. The molecule has 0 bridgehead atoms. The van der Waals surface area contributed by atoms with Crippen LogP contribution in [-0.2, 0) is 34.7 Å². The summed E-state index contributed by atoms with van der Waals surface area (Å²) >= 11 is 0. The van der Waals surface area contributed by atoms with Gasteiger partial charge in [-0.2, -0.15) is 8.42 Å². The lowest BCUT2D eigenvalue weighted by atomic mass is 10.1. The highest BCUT2D eigenvalue weighted by Gasteiger charge is 2.30. The number of carbonyl (C=O) groups is 1. The van der Waals surface area contributed by atoms with Crippen LogP contribution in [0.25, 0.3) is 0 Å². The van der Waals surface area contributed by atoms with E-state index in [4.69, 9.17) is 13.7 Å². The maximum atomic E-state index is 12.0. The highest BCUT2D eigenvalue weighted by Crippen LogP contribution is 2.35. The smallest absolute Gasteiger partial charge is 0.344 e. The van der Waals surface area contributed by atoms with E-state index in [-0.39, 0.29) is 35.0 Å². The van der Waals surface area contributed by atoms with Crippen molar-refractivity contribution in [1.82, 2.24) is 0 Å². The number of ether oxygens (including phenoxy) is 2. The molecule has 4 aromatic carbocycles. The molecule has 0 radical (unpaired) electrons. The fourth-order valence-electron chi connectivity index (χ4n) is 5.08. The fraction of sp³-hybridized carbons (Fsp3) is 0.405. The molecule has 0 fully saturated rings. The summed E-state index contributed by atoms with van der Waals surface area (Å²) in [7, 11) is 4.36. The number of rotatable bonds is 17. The maximum Gasteiger partial charge on any atom is 0.344 e. The summed E-state index contributed by atoms with van der Waals surface area (Å²) in [5.74, 6) is 0.263. The molecule has 4 rings (SSSR count). The Bertz CT molecular complexity index is 1700. The lowest BCUT2D eigenvalue weighted by molar-refractivity contribution is -0.157. The van der Waals surface area contributed by atoms with Crippen molar-refractivity contribution in [2.45, 2.75) is 91.4 Å². The molecule has 0 saturated carbocycles. The van der Waals surface area contributed by atoms with Gasteiger partial charge < -0.3 is 19.3 Å². The van der Waals surface area contributed by atoms with Crippen LogP contribution in [0.5, 0.6) is 5.75 Å². The van der Waals surface area contributed by atoms with Crippen molar-refractivity contribution >= 4 is 38.4 Å². The normalized spacial score (nSPS) is 11.4. The van der Waals surface area contributed by atoms with Crippen LogP contribution >= 0.6 is 0 Å². The Morgan fingerprint density at radius 3 is 1.73 bits per heavy atom. The van der Waals surface area contributed by atoms with Gasteiger partial charge in [-0.05, 0) is 87.9 Å². The van der Waals surface area contributed by atoms with Crippen LogP contribution in [0.15, 0.2) is 123 Å². The van der Waals surface area contributed by atoms with E-state index in [9.17, 15) is 13.2 Å². The van der Waals surface area contributed by atoms with Crippen LogP contribution in [0.3, 0.4) is 0 Å². The average Bonchev–Trinajstić information content (AvgIpc) is 3.11. The third-order valence-electron chi connectivity index (χ3n) is 7.74. The lowest BCUT2D eigenvalue weighted by Crippen LogP contribution is -2.27. The van der Waals surface area contributed by atoms with Crippen molar-refractivity contribution in [3.05, 3.63) is 103 Å².